The second-order valence-corrected chi connectivity index (χ2v) is 4.25. The molecule has 0 spiro atoms. The van der Waals surface area contributed by atoms with Gasteiger partial charge < -0.3 is 20.9 Å². The third kappa shape index (κ3) is 14.3. The van der Waals surface area contributed by atoms with Gasteiger partial charge >= 0.3 is 29.6 Å². The molecule has 1 saturated carbocycles. The molecular weight excluding hydrogens is 267 g/mol. The van der Waals surface area contributed by atoms with E-state index in [0.717, 1.165) is 12.8 Å². The Bertz CT molecular complexity index is 224. The van der Waals surface area contributed by atoms with E-state index in [1.165, 1.54) is 19.3 Å². The van der Waals surface area contributed by atoms with E-state index in [2.05, 4.69) is 29.2 Å². The van der Waals surface area contributed by atoms with Crippen LogP contribution in [0.25, 0.3) is 0 Å². The Kier molecular flexibility index (Phi) is 14.9. The summed E-state index contributed by atoms with van der Waals surface area (Å²) in [4.78, 5) is 0. The Morgan fingerprint density at radius 3 is 1.94 bits per heavy atom. The molecule has 0 aromatic carbocycles. The zero-order chi connectivity index (χ0) is 12.4. The minimum absolute atomic E-state index is 0. The van der Waals surface area contributed by atoms with Crippen LogP contribution in [0.2, 0.25) is 0 Å². The molecule has 1 aliphatic carbocycles. The minimum atomic E-state index is 0. The molecule has 4 nitrogen and oxygen atoms in total. The van der Waals surface area contributed by atoms with Gasteiger partial charge in [0.15, 0.2) is 0 Å². The fraction of sp³-hybridized carbons (Fsp3) is 0.800. The standard InChI is InChI=1S/C7H13NOS.C3H7NOS.Na.H/c8-7(10)9-6-4-2-1-3-5-6;1-2-5-3(4)6;;/h6H,1-5H2,(H2,8,10);2H2,1H3,(H2,4,6);;. The maximum absolute atomic E-state index is 5.23. The molecule has 0 saturated heterocycles. The molecule has 0 amide bonds. The van der Waals surface area contributed by atoms with E-state index < -0.39 is 0 Å². The van der Waals surface area contributed by atoms with E-state index in [4.69, 9.17) is 16.2 Å². The summed E-state index contributed by atoms with van der Waals surface area (Å²) in [7, 11) is 0. The van der Waals surface area contributed by atoms with Crippen LogP contribution in [0.1, 0.15) is 39.0 Å². The third-order valence-electron chi connectivity index (χ3n) is 2.12. The van der Waals surface area contributed by atoms with Gasteiger partial charge in [-0.25, -0.2) is 0 Å². The SMILES string of the molecule is CCOC(N)=S.NC(=S)OC1CCCCC1.[NaH]. The van der Waals surface area contributed by atoms with Gasteiger partial charge in [-0.3, -0.25) is 0 Å². The van der Waals surface area contributed by atoms with Gasteiger partial charge in [0, 0.05) is 0 Å². The normalized spacial score (nSPS) is 14.6. The number of ether oxygens (including phenoxy) is 2. The van der Waals surface area contributed by atoms with Gasteiger partial charge in [-0.2, -0.15) is 0 Å². The molecule has 1 rings (SSSR count). The first kappa shape index (κ1) is 19.7. The topological polar surface area (TPSA) is 70.5 Å². The first-order chi connectivity index (χ1) is 7.56. The summed E-state index contributed by atoms with van der Waals surface area (Å²) >= 11 is 8.98. The van der Waals surface area contributed by atoms with E-state index in [1.807, 2.05) is 6.92 Å². The predicted molar refractivity (Wildman–Crippen MR) is 80.3 cm³/mol. The van der Waals surface area contributed by atoms with Crippen LogP contribution in [0.4, 0.5) is 0 Å². The summed E-state index contributed by atoms with van der Waals surface area (Å²) in [5, 5.41) is 0.324. The van der Waals surface area contributed by atoms with Gasteiger partial charge in [0.05, 0.1) is 6.61 Å². The molecular formula is C10H21N2NaO2S2. The average Bonchev–Trinajstić information content (AvgIpc) is 2.18. The quantitative estimate of drug-likeness (QED) is 0.588. The first-order valence-corrected chi connectivity index (χ1v) is 6.26. The fourth-order valence-electron chi connectivity index (χ4n) is 1.49. The molecule has 0 aliphatic heterocycles. The van der Waals surface area contributed by atoms with E-state index in [9.17, 15) is 0 Å². The van der Waals surface area contributed by atoms with E-state index in [-0.39, 0.29) is 39.9 Å². The Hall–Kier alpha value is 0.380. The van der Waals surface area contributed by atoms with Crippen LogP contribution in [0.5, 0.6) is 0 Å². The number of nitrogens with two attached hydrogens (primary N) is 2. The van der Waals surface area contributed by atoms with Crippen molar-refractivity contribution in [2.45, 2.75) is 45.1 Å². The molecule has 0 radical (unpaired) electrons. The number of rotatable bonds is 2. The number of hydrogen-bond acceptors (Lipinski definition) is 4. The van der Waals surface area contributed by atoms with Crippen LogP contribution in [-0.2, 0) is 9.47 Å². The van der Waals surface area contributed by atoms with Crippen LogP contribution in [0.15, 0.2) is 0 Å². The Balaban J connectivity index is 0. The zero-order valence-electron chi connectivity index (χ0n) is 9.61. The van der Waals surface area contributed by atoms with Gasteiger partial charge in [-0.05, 0) is 57.0 Å². The Labute approximate surface area is 136 Å². The van der Waals surface area contributed by atoms with E-state index >= 15 is 0 Å². The van der Waals surface area contributed by atoms with Gasteiger partial charge in [-0.15, -0.1) is 0 Å². The van der Waals surface area contributed by atoms with Crippen molar-refractivity contribution in [2.75, 3.05) is 6.61 Å². The molecule has 0 heterocycles. The van der Waals surface area contributed by atoms with Crippen molar-refractivity contribution in [2.24, 2.45) is 11.5 Å². The molecule has 0 bridgehead atoms. The second-order valence-electron chi connectivity index (χ2n) is 3.45. The zero-order valence-corrected chi connectivity index (χ0v) is 11.2. The summed E-state index contributed by atoms with van der Waals surface area (Å²) in [6.45, 7) is 2.40. The summed E-state index contributed by atoms with van der Waals surface area (Å²) in [6, 6.07) is 0. The Morgan fingerprint density at radius 2 is 1.65 bits per heavy atom. The second kappa shape index (κ2) is 12.8. The summed E-state index contributed by atoms with van der Waals surface area (Å²) in [5.41, 5.74) is 10.1. The maximum atomic E-state index is 5.23. The van der Waals surface area contributed by atoms with Gasteiger partial charge in [0.1, 0.15) is 6.10 Å². The molecule has 0 aromatic rings. The summed E-state index contributed by atoms with van der Waals surface area (Å²) in [5.74, 6) is 0. The molecule has 0 aromatic heterocycles. The van der Waals surface area contributed by atoms with Gasteiger partial charge in [-0.1, -0.05) is 6.42 Å². The summed E-state index contributed by atoms with van der Waals surface area (Å²) in [6.07, 6.45) is 6.40. The number of hydrogen-bond donors (Lipinski definition) is 2. The van der Waals surface area contributed by atoms with Crippen molar-refractivity contribution in [1.82, 2.24) is 0 Å². The monoisotopic (exact) mass is 288 g/mol. The summed E-state index contributed by atoms with van der Waals surface area (Å²) < 4.78 is 9.75. The molecule has 1 aliphatic rings. The molecule has 0 atom stereocenters. The van der Waals surface area contributed by atoms with E-state index in [0.29, 0.717) is 12.7 Å². The molecule has 1 fully saturated rings. The first-order valence-electron chi connectivity index (χ1n) is 5.44. The van der Waals surface area contributed by atoms with Gasteiger partial charge in [0.25, 0.3) is 10.3 Å². The average molecular weight is 288 g/mol. The van der Waals surface area contributed by atoms with Crippen molar-refractivity contribution < 1.29 is 9.47 Å². The fourth-order valence-corrected chi connectivity index (χ4v) is 1.74. The van der Waals surface area contributed by atoms with Crippen LogP contribution < -0.4 is 11.5 Å². The Morgan fingerprint density at radius 1 is 1.12 bits per heavy atom. The van der Waals surface area contributed by atoms with Crippen molar-refractivity contribution in [3.05, 3.63) is 0 Å². The van der Waals surface area contributed by atoms with Crippen LogP contribution in [-0.4, -0.2) is 52.6 Å². The molecule has 4 N–H and O–H groups in total. The van der Waals surface area contributed by atoms with Crippen molar-refractivity contribution in [3.63, 3.8) is 0 Å². The van der Waals surface area contributed by atoms with Crippen molar-refractivity contribution in [1.29, 1.82) is 0 Å². The van der Waals surface area contributed by atoms with Crippen molar-refractivity contribution >= 4 is 64.3 Å². The predicted octanol–water partition coefficient (Wildman–Crippen LogP) is 1.20. The van der Waals surface area contributed by atoms with E-state index in [1.54, 1.807) is 0 Å². The molecule has 17 heavy (non-hydrogen) atoms. The number of thiocarbonyl (C=S) groups is 2. The van der Waals surface area contributed by atoms with Crippen LogP contribution >= 0.6 is 24.4 Å². The van der Waals surface area contributed by atoms with Crippen molar-refractivity contribution in [3.8, 4) is 0 Å². The van der Waals surface area contributed by atoms with Gasteiger partial charge in [0.2, 0.25) is 0 Å². The van der Waals surface area contributed by atoms with Crippen LogP contribution in [0, 0.1) is 0 Å². The third-order valence-corrected chi connectivity index (χ3v) is 2.34. The molecule has 96 valence electrons. The molecule has 0 unspecified atom stereocenters. The molecule has 7 heteroatoms. The van der Waals surface area contributed by atoms with Crippen LogP contribution in [0.3, 0.4) is 0 Å².